The molecule has 0 aromatic heterocycles. The van der Waals surface area contributed by atoms with Gasteiger partial charge < -0.3 is 0 Å². The highest BCUT2D eigenvalue weighted by Crippen LogP contribution is 2.31. The zero-order chi connectivity index (χ0) is 17.8. The van der Waals surface area contributed by atoms with E-state index in [0.29, 0.717) is 9.23 Å². The summed E-state index contributed by atoms with van der Waals surface area (Å²) in [6.45, 7) is 0. The normalized spacial score (nSPS) is 15.7. The van der Waals surface area contributed by atoms with E-state index in [4.69, 9.17) is 12.2 Å². The van der Waals surface area contributed by atoms with Gasteiger partial charge in [-0.2, -0.15) is 5.01 Å². The van der Waals surface area contributed by atoms with E-state index in [1.807, 2.05) is 54.6 Å². The predicted octanol–water partition coefficient (Wildman–Crippen LogP) is 3.92. The number of carbonyl (C=O) groups is 2. The van der Waals surface area contributed by atoms with Crippen molar-refractivity contribution in [1.29, 1.82) is 0 Å². The highest BCUT2D eigenvalue weighted by molar-refractivity contribution is 9.10. The number of carbonyl (C=O) groups excluding carboxylic acids is 2. The molecule has 4 nitrogen and oxygen atoms in total. The Hall–Kier alpha value is -1.96. The molecular weight excluding hydrogens is 420 g/mol. The molecule has 1 saturated heterocycles. The molecule has 0 saturated carbocycles. The maximum atomic E-state index is 12.5. The monoisotopic (exact) mass is 432 g/mol. The number of hydrazine groups is 1. The lowest BCUT2D eigenvalue weighted by Crippen LogP contribution is -2.45. The van der Waals surface area contributed by atoms with Gasteiger partial charge in [-0.15, -0.1) is 0 Å². The number of rotatable bonds is 4. The van der Waals surface area contributed by atoms with E-state index >= 15 is 0 Å². The van der Waals surface area contributed by atoms with Crippen LogP contribution in [-0.4, -0.2) is 21.1 Å². The molecule has 25 heavy (non-hydrogen) atoms. The summed E-state index contributed by atoms with van der Waals surface area (Å²) in [6, 6.07) is 16.9. The molecule has 3 rings (SSSR count). The first-order valence-electron chi connectivity index (χ1n) is 7.40. The first-order chi connectivity index (χ1) is 12.0. The lowest BCUT2D eigenvalue weighted by Gasteiger charge is -2.15. The minimum Gasteiger partial charge on any atom is -0.273 e. The lowest BCUT2D eigenvalue weighted by atomic mass is 10.1. The number of thioether (sulfide) groups is 1. The smallest absolute Gasteiger partial charge is 0.273 e. The third-order valence-corrected chi connectivity index (χ3v) is 5.18. The van der Waals surface area contributed by atoms with Crippen LogP contribution in [0.25, 0.3) is 6.08 Å². The summed E-state index contributed by atoms with van der Waals surface area (Å²) < 4.78 is 1.24. The van der Waals surface area contributed by atoms with E-state index in [1.165, 1.54) is 11.8 Å². The summed E-state index contributed by atoms with van der Waals surface area (Å²) in [5, 5.41) is 1.13. The average Bonchev–Trinajstić information content (AvgIpc) is 2.83. The van der Waals surface area contributed by atoms with Crippen LogP contribution in [0.4, 0.5) is 0 Å². The maximum Gasteiger partial charge on any atom is 0.285 e. The third-order valence-electron chi connectivity index (χ3n) is 3.38. The van der Waals surface area contributed by atoms with Crippen molar-refractivity contribution in [1.82, 2.24) is 10.4 Å². The Kier molecular flexibility index (Phi) is 5.67. The number of benzene rings is 2. The van der Waals surface area contributed by atoms with Crippen LogP contribution in [0.3, 0.4) is 0 Å². The number of nitrogens with zero attached hydrogens (tertiary/aromatic N) is 1. The molecule has 2 amide bonds. The van der Waals surface area contributed by atoms with Gasteiger partial charge in [0.05, 0.1) is 11.3 Å². The Balaban J connectivity index is 1.70. The molecule has 2 aromatic rings. The molecule has 0 radical (unpaired) electrons. The molecule has 0 aliphatic carbocycles. The summed E-state index contributed by atoms with van der Waals surface area (Å²) in [5.41, 5.74) is 4.34. The quantitative estimate of drug-likeness (QED) is 0.587. The predicted molar refractivity (Wildman–Crippen MR) is 107 cm³/mol. The number of hydrogen-bond donors (Lipinski definition) is 1. The summed E-state index contributed by atoms with van der Waals surface area (Å²) in [6.07, 6.45) is 1.94. The van der Waals surface area contributed by atoms with Crippen molar-refractivity contribution in [2.24, 2.45) is 0 Å². The number of thiocarbonyl (C=S) groups is 1. The van der Waals surface area contributed by atoms with Crippen molar-refractivity contribution >= 4 is 62.1 Å². The first kappa shape index (κ1) is 17.8. The SMILES string of the molecule is O=C(Cc1ccccc1)NN1C(=O)C(=Cc2cccc(Br)c2)SC1=S. The van der Waals surface area contributed by atoms with Gasteiger partial charge in [-0.3, -0.25) is 15.0 Å². The third kappa shape index (κ3) is 4.56. The van der Waals surface area contributed by atoms with Gasteiger partial charge in [-0.05, 0) is 41.6 Å². The average molecular weight is 433 g/mol. The van der Waals surface area contributed by atoms with Crippen LogP contribution in [-0.2, 0) is 16.0 Å². The van der Waals surface area contributed by atoms with E-state index in [1.54, 1.807) is 6.08 Å². The van der Waals surface area contributed by atoms with Crippen LogP contribution >= 0.6 is 39.9 Å². The van der Waals surface area contributed by atoms with Crippen molar-refractivity contribution in [2.75, 3.05) is 0 Å². The standard InChI is InChI=1S/C18H13BrN2O2S2/c19-14-8-4-7-13(9-14)10-15-17(23)21(18(24)25-15)20-16(22)11-12-5-2-1-3-6-12/h1-10H,11H2,(H,20,22). The van der Waals surface area contributed by atoms with Gasteiger partial charge >= 0.3 is 0 Å². The van der Waals surface area contributed by atoms with Crippen LogP contribution in [0.2, 0.25) is 0 Å². The van der Waals surface area contributed by atoms with Gasteiger partial charge in [0.15, 0.2) is 4.32 Å². The molecule has 1 N–H and O–H groups in total. The Morgan fingerprint density at radius 2 is 1.96 bits per heavy atom. The molecule has 0 atom stereocenters. The van der Waals surface area contributed by atoms with Gasteiger partial charge in [-0.1, -0.05) is 70.2 Å². The zero-order valence-corrected chi connectivity index (χ0v) is 16.2. The molecule has 0 spiro atoms. The van der Waals surface area contributed by atoms with E-state index in [0.717, 1.165) is 20.6 Å². The first-order valence-corrected chi connectivity index (χ1v) is 9.41. The fourth-order valence-electron chi connectivity index (χ4n) is 2.26. The van der Waals surface area contributed by atoms with Gasteiger partial charge in [0.25, 0.3) is 5.91 Å². The van der Waals surface area contributed by atoms with Crippen LogP contribution in [0.1, 0.15) is 11.1 Å². The number of halogens is 1. The number of amides is 2. The topological polar surface area (TPSA) is 49.4 Å². The largest absolute Gasteiger partial charge is 0.285 e. The molecular formula is C18H13BrN2O2S2. The summed E-state index contributed by atoms with van der Waals surface area (Å²) in [7, 11) is 0. The van der Waals surface area contributed by atoms with Crippen molar-refractivity contribution in [3.05, 3.63) is 75.1 Å². The van der Waals surface area contributed by atoms with E-state index in [9.17, 15) is 9.59 Å². The molecule has 126 valence electrons. The second-order valence-corrected chi connectivity index (χ2v) is 7.86. The fourth-order valence-corrected chi connectivity index (χ4v) is 3.85. The Morgan fingerprint density at radius 3 is 2.68 bits per heavy atom. The molecule has 1 heterocycles. The minimum absolute atomic E-state index is 0.183. The van der Waals surface area contributed by atoms with Crippen molar-refractivity contribution in [2.45, 2.75) is 6.42 Å². The van der Waals surface area contributed by atoms with E-state index < -0.39 is 0 Å². The van der Waals surface area contributed by atoms with Crippen LogP contribution in [0, 0.1) is 0 Å². The highest BCUT2D eigenvalue weighted by atomic mass is 79.9. The number of nitrogens with one attached hydrogen (secondary N) is 1. The van der Waals surface area contributed by atoms with Crippen LogP contribution in [0.5, 0.6) is 0 Å². The molecule has 1 aliphatic heterocycles. The Bertz CT molecular complexity index is 868. The molecule has 1 fully saturated rings. The molecule has 1 aliphatic rings. The fraction of sp³-hybridized carbons (Fsp3) is 0.0556. The van der Waals surface area contributed by atoms with Gasteiger partial charge in [0.1, 0.15) is 0 Å². The van der Waals surface area contributed by atoms with Crippen molar-refractivity contribution in [3.8, 4) is 0 Å². The van der Waals surface area contributed by atoms with Gasteiger partial charge in [-0.25, -0.2) is 0 Å². The maximum absolute atomic E-state index is 12.5. The summed E-state index contributed by atoms with van der Waals surface area (Å²) in [5.74, 6) is -0.609. The number of hydrogen-bond acceptors (Lipinski definition) is 4. The lowest BCUT2D eigenvalue weighted by molar-refractivity contribution is -0.132. The van der Waals surface area contributed by atoms with Crippen LogP contribution < -0.4 is 5.43 Å². The second kappa shape index (κ2) is 7.95. The van der Waals surface area contributed by atoms with Crippen molar-refractivity contribution in [3.63, 3.8) is 0 Å². The minimum atomic E-state index is -0.323. The Morgan fingerprint density at radius 1 is 1.20 bits per heavy atom. The zero-order valence-electron chi connectivity index (χ0n) is 12.9. The van der Waals surface area contributed by atoms with E-state index in [2.05, 4.69) is 21.4 Å². The van der Waals surface area contributed by atoms with Gasteiger partial charge in [0.2, 0.25) is 5.91 Å². The molecule has 7 heteroatoms. The summed E-state index contributed by atoms with van der Waals surface area (Å²) in [4.78, 5) is 25.2. The van der Waals surface area contributed by atoms with E-state index in [-0.39, 0.29) is 18.2 Å². The van der Waals surface area contributed by atoms with Crippen molar-refractivity contribution < 1.29 is 9.59 Å². The van der Waals surface area contributed by atoms with Gasteiger partial charge in [0, 0.05) is 4.47 Å². The van der Waals surface area contributed by atoms with Crippen LogP contribution in [0.15, 0.2) is 64.0 Å². The molecule has 0 bridgehead atoms. The molecule has 2 aromatic carbocycles. The summed E-state index contributed by atoms with van der Waals surface area (Å²) >= 11 is 9.79. The Labute approximate surface area is 163 Å². The second-order valence-electron chi connectivity index (χ2n) is 5.27. The highest BCUT2D eigenvalue weighted by Gasteiger charge is 2.33. The molecule has 0 unspecified atom stereocenters.